The molecule has 0 aromatic heterocycles. The van der Waals surface area contributed by atoms with Gasteiger partial charge in [0.2, 0.25) is 0 Å². The molecule has 18 heavy (non-hydrogen) atoms. The van der Waals surface area contributed by atoms with Crippen LogP contribution in [-0.4, -0.2) is 18.6 Å². The molecule has 2 aliphatic carbocycles. The summed E-state index contributed by atoms with van der Waals surface area (Å²) >= 11 is 5.87. The lowest BCUT2D eigenvalue weighted by atomic mass is 9.92. The molecule has 3 unspecified atom stereocenters. The van der Waals surface area contributed by atoms with Crippen molar-refractivity contribution < 1.29 is 9.53 Å². The van der Waals surface area contributed by atoms with Crippen molar-refractivity contribution in [3.63, 3.8) is 0 Å². The number of halogens is 1. The van der Waals surface area contributed by atoms with Crippen molar-refractivity contribution in [2.45, 2.75) is 24.8 Å². The minimum atomic E-state index is -0.521. The van der Waals surface area contributed by atoms with E-state index in [1.54, 1.807) is 0 Å². The fourth-order valence-electron chi connectivity index (χ4n) is 3.20. The van der Waals surface area contributed by atoms with Gasteiger partial charge in [-0.25, -0.2) is 4.79 Å². The number of carbonyl (C=O) groups is 1. The fourth-order valence-corrected chi connectivity index (χ4v) is 3.33. The molecule has 0 spiro atoms. The van der Waals surface area contributed by atoms with Gasteiger partial charge in [0, 0.05) is 10.7 Å². The molecule has 4 heteroatoms. The summed E-state index contributed by atoms with van der Waals surface area (Å²) in [6.07, 6.45) is 3.10. The largest absolute Gasteiger partial charge is 0.467 e. The van der Waals surface area contributed by atoms with Crippen LogP contribution in [0, 0.1) is 11.8 Å². The maximum absolute atomic E-state index is 12.1. The minimum Gasteiger partial charge on any atom is -0.467 e. The van der Waals surface area contributed by atoms with Crippen molar-refractivity contribution in [3.05, 3.63) is 29.3 Å². The van der Waals surface area contributed by atoms with Gasteiger partial charge < -0.3 is 10.1 Å². The number of methoxy groups -OCH3 is 1. The number of hydrogen-bond acceptors (Lipinski definition) is 3. The third kappa shape index (κ3) is 1.77. The monoisotopic (exact) mass is 265 g/mol. The van der Waals surface area contributed by atoms with Gasteiger partial charge in [-0.2, -0.15) is 0 Å². The van der Waals surface area contributed by atoms with Crippen LogP contribution in [0.2, 0.25) is 5.02 Å². The Labute approximate surface area is 111 Å². The lowest BCUT2D eigenvalue weighted by Gasteiger charge is -2.30. The first kappa shape index (κ1) is 11.8. The molecule has 3 nitrogen and oxygen atoms in total. The van der Waals surface area contributed by atoms with Gasteiger partial charge >= 0.3 is 5.97 Å². The van der Waals surface area contributed by atoms with Crippen LogP contribution in [0.25, 0.3) is 0 Å². The van der Waals surface area contributed by atoms with E-state index < -0.39 is 5.54 Å². The highest BCUT2D eigenvalue weighted by molar-refractivity contribution is 6.30. The van der Waals surface area contributed by atoms with E-state index in [4.69, 9.17) is 16.3 Å². The van der Waals surface area contributed by atoms with E-state index in [9.17, 15) is 4.79 Å². The van der Waals surface area contributed by atoms with E-state index in [-0.39, 0.29) is 5.97 Å². The van der Waals surface area contributed by atoms with E-state index in [2.05, 4.69) is 5.32 Å². The molecule has 0 amide bonds. The smallest absolute Gasteiger partial charge is 0.331 e. The minimum absolute atomic E-state index is 0.137. The predicted molar refractivity (Wildman–Crippen MR) is 70.7 cm³/mol. The maximum atomic E-state index is 12.1. The molecule has 0 bridgehead atoms. The van der Waals surface area contributed by atoms with E-state index in [1.165, 1.54) is 7.11 Å². The Kier molecular flexibility index (Phi) is 2.74. The Morgan fingerprint density at radius 1 is 1.44 bits per heavy atom. The number of ether oxygens (including phenoxy) is 1. The van der Waals surface area contributed by atoms with Gasteiger partial charge in [0.05, 0.1) is 7.11 Å². The summed E-state index contributed by atoms with van der Waals surface area (Å²) < 4.78 is 5.00. The van der Waals surface area contributed by atoms with Crippen molar-refractivity contribution in [2.24, 2.45) is 11.8 Å². The fraction of sp³-hybridized carbons (Fsp3) is 0.500. The van der Waals surface area contributed by atoms with Crippen molar-refractivity contribution in [2.75, 3.05) is 12.4 Å². The second kappa shape index (κ2) is 4.16. The normalized spacial score (nSPS) is 32.8. The van der Waals surface area contributed by atoms with Crippen LogP contribution in [0.4, 0.5) is 5.69 Å². The number of benzene rings is 1. The average Bonchev–Trinajstić information content (AvgIpc) is 3.09. The molecular weight excluding hydrogens is 250 g/mol. The van der Waals surface area contributed by atoms with Gasteiger partial charge in [-0.15, -0.1) is 0 Å². The second-order valence-electron chi connectivity index (χ2n) is 5.24. The Morgan fingerprint density at radius 3 is 2.67 bits per heavy atom. The second-order valence-corrected chi connectivity index (χ2v) is 5.67. The van der Waals surface area contributed by atoms with Crippen LogP contribution in [0.1, 0.15) is 19.3 Å². The summed E-state index contributed by atoms with van der Waals surface area (Å²) in [6.45, 7) is 0. The van der Waals surface area contributed by atoms with E-state index >= 15 is 0 Å². The number of esters is 1. The molecule has 2 saturated carbocycles. The number of fused-ring (bicyclic) bond motifs is 1. The zero-order valence-corrected chi connectivity index (χ0v) is 11.0. The Morgan fingerprint density at radius 2 is 2.17 bits per heavy atom. The number of hydrogen-bond donors (Lipinski definition) is 1. The highest BCUT2D eigenvalue weighted by Gasteiger charge is 2.62. The summed E-state index contributed by atoms with van der Waals surface area (Å²) in [5.41, 5.74) is 0.408. The molecule has 0 radical (unpaired) electrons. The maximum Gasteiger partial charge on any atom is 0.331 e. The van der Waals surface area contributed by atoms with Crippen molar-refractivity contribution in [1.29, 1.82) is 0 Å². The predicted octanol–water partition coefficient (Wildman–Crippen LogP) is 3.09. The van der Waals surface area contributed by atoms with Gasteiger partial charge in [0.1, 0.15) is 5.54 Å². The molecule has 2 aliphatic rings. The molecule has 0 heterocycles. The number of nitrogens with one attached hydrogen (secondary N) is 1. The Bertz CT molecular complexity index is 473. The number of rotatable bonds is 3. The summed E-state index contributed by atoms with van der Waals surface area (Å²) in [7, 11) is 1.46. The Balaban J connectivity index is 1.86. The third-order valence-corrected chi connectivity index (χ3v) is 4.48. The lowest BCUT2D eigenvalue weighted by Crippen LogP contribution is -2.47. The van der Waals surface area contributed by atoms with E-state index in [0.717, 1.165) is 24.9 Å². The van der Waals surface area contributed by atoms with Gasteiger partial charge in [-0.3, -0.25) is 0 Å². The molecule has 1 N–H and O–H groups in total. The molecule has 3 atom stereocenters. The molecule has 1 aromatic rings. The lowest BCUT2D eigenvalue weighted by molar-refractivity contribution is -0.146. The summed E-state index contributed by atoms with van der Waals surface area (Å²) in [6, 6.07) is 7.47. The van der Waals surface area contributed by atoms with Crippen molar-refractivity contribution in [1.82, 2.24) is 0 Å². The summed E-state index contributed by atoms with van der Waals surface area (Å²) in [5, 5.41) is 4.09. The summed E-state index contributed by atoms with van der Waals surface area (Å²) in [4.78, 5) is 12.1. The molecule has 0 saturated heterocycles. The molecule has 3 rings (SSSR count). The van der Waals surface area contributed by atoms with Crippen LogP contribution in [-0.2, 0) is 9.53 Å². The van der Waals surface area contributed by atoms with Crippen molar-refractivity contribution in [3.8, 4) is 0 Å². The van der Waals surface area contributed by atoms with Crippen LogP contribution in [0.15, 0.2) is 24.3 Å². The van der Waals surface area contributed by atoms with Crippen LogP contribution >= 0.6 is 11.6 Å². The number of carbonyl (C=O) groups excluding carboxylic acids is 1. The first-order valence-corrected chi connectivity index (χ1v) is 6.66. The zero-order valence-electron chi connectivity index (χ0n) is 10.3. The van der Waals surface area contributed by atoms with E-state index in [0.29, 0.717) is 16.9 Å². The van der Waals surface area contributed by atoms with Gasteiger partial charge in [-0.05, 0) is 55.4 Å². The van der Waals surface area contributed by atoms with Crippen LogP contribution in [0.5, 0.6) is 0 Å². The Hall–Kier alpha value is -1.22. The highest BCUT2D eigenvalue weighted by Crippen LogP contribution is 2.58. The zero-order chi connectivity index (χ0) is 12.8. The summed E-state index contributed by atoms with van der Waals surface area (Å²) in [5.74, 6) is 0.993. The highest BCUT2D eigenvalue weighted by atomic mass is 35.5. The average molecular weight is 266 g/mol. The molecule has 96 valence electrons. The molecule has 0 aliphatic heterocycles. The van der Waals surface area contributed by atoms with Crippen LogP contribution < -0.4 is 5.32 Å². The first-order valence-electron chi connectivity index (χ1n) is 6.28. The standard InChI is InChI=1S/C14H16ClNO2/c1-18-13(17)14(7-6-9-8-12(9)14)16-11-4-2-10(15)3-5-11/h2-5,9,12,16H,6-8H2,1H3. The topological polar surface area (TPSA) is 38.3 Å². The van der Waals surface area contributed by atoms with Gasteiger partial charge in [-0.1, -0.05) is 11.6 Å². The van der Waals surface area contributed by atoms with Gasteiger partial charge in [0.25, 0.3) is 0 Å². The van der Waals surface area contributed by atoms with Crippen molar-refractivity contribution >= 4 is 23.3 Å². The molecule has 2 fully saturated rings. The quantitative estimate of drug-likeness (QED) is 0.854. The number of anilines is 1. The van der Waals surface area contributed by atoms with E-state index in [1.807, 2.05) is 24.3 Å². The molecular formula is C14H16ClNO2. The van der Waals surface area contributed by atoms with Crippen LogP contribution in [0.3, 0.4) is 0 Å². The van der Waals surface area contributed by atoms with Gasteiger partial charge in [0.15, 0.2) is 0 Å². The SMILES string of the molecule is COC(=O)C1(Nc2ccc(Cl)cc2)CCC2CC21. The third-order valence-electron chi connectivity index (χ3n) is 4.23. The first-order chi connectivity index (χ1) is 8.65. The molecule has 1 aromatic carbocycles.